The third-order valence-electron chi connectivity index (χ3n) is 3.05. The number of benzene rings is 1. The van der Waals surface area contributed by atoms with Crippen molar-refractivity contribution in [2.45, 2.75) is 19.5 Å². The van der Waals surface area contributed by atoms with Gasteiger partial charge in [0.15, 0.2) is 0 Å². The smallest absolute Gasteiger partial charge is 0.240 e. The molecule has 0 spiro atoms. The fraction of sp³-hybridized carbons (Fsp3) is 0.286. The predicted molar refractivity (Wildman–Crippen MR) is 78.3 cm³/mol. The molecule has 0 saturated carbocycles. The second kappa shape index (κ2) is 5.75. The average molecular weight is 274 g/mol. The molecule has 0 unspecified atom stereocenters. The van der Waals surface area contributed by atoms with Crippen molar-refractivity contribution < 1.29 is 9.59 Å². The molecule has 1 atom stereocenters. The maximum Gasteiger partial charge on any atom is 0.240 e. The molecule has 0 bridgehead atoms. The Hall–Kier alpha value is -2.34. The Kier molecular flexibility index (Phi) is 4.05. The van der Waals surface area contributed by atoms with Gasteiger partial charge in [0.25, 0.3) is 0 Å². The number of nitrogens with two attached hydrogens (primary N) is 1. The summed E-state index contributed by atoms with van der Waals surface area (Å²) in [6.07, 6.45) is 1.84. The summed E-state index contributed by atoms with van der Waals surface area (Å²) in [6.45, 7) is 1.87. The second-order valence-corrected chi connectivity index (χ2v) is 4.67. The van der Waals surface area contributed by atoms with Crippen LogP contribution in [0.1, 0.15) is 6.92 Å². The molecule has 0 aliphatic rings. The predicted octanol–water partition coefficient (Wildman–Crippen LogP) is 0.673. The van der Waals surface area contributed by atoms with E-state index in [1.54, 1.807) is 14.0 Å². The lowest BCUT2D eigenvalue weighted by Crippen LogP contribution is -2.32. The van der Waals surface area contributed by atoms with Crippen molar-refractivity contribution in [3.05, 3.63) is 30.5 Å². The van der Waals surface area contributed by atoms with Gasteiger partial charge in [-0.2, -0.15) is 0 Å². The number of aromatic nitrogens is 1. The van der Waals surface area contributed by atoms with Crippen molar-refractivity contribution in [3.63, 3.8) is 0 Å². The van der Waals surface area contributed by atoms with E-state index in [1.807, 2.05) is 35.0 Å². The van der Waals surface area contributed by atoms with Gasteiger partial charge in [0.1, 0.15) is 6.54 Å². The van der Waals surface area contributed by atoms with Crippen LogP contribution in [-0.4, -0.2) is 29.5 Å². The van der Waals surface area contributed by atoms with Gasteiger partial charge >= 0.3 is 0 Å². The number of nitrogens with one attached hydrogen (secondary N) is 2. The van der Waals surface area contributed by atoms with E-state index in [1.165, 1.54) is 0 Å². The van der Waals surface area contributed by atoms with E-state index in [0.29, 0.717) is 5.69 Å². The molecule has 6 nitrogen and oxygen atoms in total. The number of likely N-dealkylation sites (N-methyl/N-ethyl adjacent to an activating group) is 1. The van der Waals surface area contributed by atoms with Gasteiger partial charge in [-0.15, -0.1) is 0 Å². The second-order valence-electron chi connectivity index (χ2n) is 4.67. The summed E-state index contributed by atoms with van der Waals surface area (Å²) in [5.74, 6) is -0.318. The molecule has 4 N–H and O–H groups in total. The summed E-state index contributed by atoms with van der Waals surface area (Å²) in [7, 11) is 1.60. The fourth-order valence-electron chi connectivity index (χ4n) is 1.89. The van der Waals surface area contributed by atoms with E-state index in [2.05, 4.69) is 10.6 Å². The van der Waals surface area contributed by atoms with Gasteiger partial charge in [0.05, 0.1) is 11.6 Å². The number of nitrogens with zero attached hydrogens (tertiary/aromatic N) is 1. The Morgan fingerprint density at radius 1 is 1.35 bits per heavy atom. The number of rotatable bonds is 4. The molecule has 0 saturated heterocycles. The van der Waals surface area contributed by atoms with Crippen LogP contribution in [0.25, 0.3) is 10.9 Å². The summed E-state index contributed by atoms with van der Waals surface area (Å²) in [6, 6.07) is 6.90. The van der Waals surface area contributed by atoms with Gasteiger partial charge < -0.3 is 20.9 Å². The number of hydrogen-bond acceptors (Lipinski definition) is 3. The van der Waals surface area contributed by atoms with Gasteiger partial charge in [0.2, 0.25) is 11.8 Å². The van der Waals surface area contributed by atoms with Crippen LogP contribution in [-0.2, 0) is 16.1 Å². The fourth-order valence-corrected chi connectivity index (χ4v) is 1.89. The average Bonchev–Trinajstić information content (AvgIpc) is 2.81. The molecule has 1 aromatic heterocycles. The highest BCUT2D eigenvalue weighted by Crippen LogP contribution is 2.20. The van der Waals surface area contributed by atoms with Crippen molar-refractivity contribution in [1.82, 2.24) is 9.88 Å². The first kappa shape index (κ1) is 14.1. The Labute approximate surface area is 116 Å². The molecule has 2 amide bonds. The van der Waals surface area contributed by atoms with Crippen molar-refractivity contribution in [1.29, 1.82) is 0 Å². The van der Waals surface area contributed by atoms with E-state index in [4.69, 9.17) is 5.73 Å². The van der Waals surface area contributed by atoms with Crippen molar-refractivity contribution in [3.8, 4) is 0 Å². The minimum atomic E-state index is -0.566. The zero-order valence-electron chi connectivity index (χ0n) is 11.5. The Balaban J connectivity index is 2.29. The first-order valence-corrected chi connectivity index (χ1v) is 6.37. The molecule has 0 radical (unpaired) electrons. The standard InChI is InChI=1S/C14H18N4O2/c1-9(15)14(20)17-11-4-3-10-5-6-18(12(10)7-11)8-13(19)16-2/h3-7,9H,8,15H2,1-2H3,(H,16,19)(H,17,20)/t9-/m0/s1. The number of carbonyl (C=O) groups excluding carboxylic acids is 2. The van der Waals surface area contributed by atoms with Crippen molar-refractivity contribution >= 4 is 28.4 Å². The summed E-state index contributed by atoms with van der Waals surface area (Å²) >= 11 is 0. The van der Waals surface area contributed by atoms with Crippen LogP contribution in [0.2, 0.25) is 0 Å². The molecule has 1 aromatic carbocycles. The number of hydrogen-bond donors (Lipinski definition) is 3. The minimum absolute atomic E-state index is 0.0764. The van der Waals surface area contributed by atoms with Gasteiger partial charge in [-0.1, -0.05) is 6.07 Å². The maximum absolute atomic E-state index is 11.6. The summed E-state index contributed by atoms with van der Waals surface area (Å²) in [4.78, 5) is 23.0. The van der Waals surface area contributed by atoms with E-state index < -0.39 is 6.04 Å². The summed E-state index contributed by atoms with van der Waals surface area (Å²) in [5, 5.41) is 6.33. The number of anilines is 1. The molecule has 0 aliphatic heterocycles. The molecule has 0 aliphatic carbocycles. The van der Waals surface area contributed by atoms with Crippen LogP contribution in [0.5, 0.6) is 0 Å². The van der Waals surface area contributed by atoms with Crippen LogP contribution in [0.3, 0.4) is 0 Å². The van der Waals surface area contributed by atoms with Crippen LogP contribution >= 0.6 is 0 Å². The minimum Gasteiger partial charge on any atom is -0.358 e. The highest BCUT2D eigenvalue weighted by Gasteiger charge is 2.09. The van der Waals surface area contributed by atoms with Gasteiger partial charge in [-0.3, -0.25) is 9.59 Å². The molecule has 6 heteroatoms. The van der Waals surface area contributed by atoms with E-state index >= 15 is 0 Å². The molecular formula is C14H18N4O2. The highest BCUT2D eigenvalue weighted by atomic mass is 16.2. The molecule has 1 heterocycles. The molecule has 20 heavy (non-hydrogen) atoms. The Morgan fingerprint density at radius 2 is 2.10 bits per heavy atom. The third-order valence-corrected chi connectivity index (χ3v) is 3.05. The van der Waals surface area contributed by atoms with Crippen molar-refractivity contribution in [2.75, 3.05) is 12.4 Å². The van der Waals surface area contributed by atoms with Crippen molar-refractivity contribution in [2.24, 2.45) is 5.73 Å². The monoisotopic (exact) mass is 274 g/mol. The lowest BCUT2D eigenvalue weighted by Gasteiger charge is -2.09. The highest BCUT2D eigenvalue weighted by molar-refractivity contribution is 5.96. The summed E-state index contributed by atoms with van der Waals surface area (Å²) in [5.41, 5.74) is 7.07. The number of fused-ring (bicyclic) bond motifs is 1. The number of amides is 2. The third kappa shape index (κ3) is 2.97. The normalized spacial score (nSPS) is 12.2. The molecule has 0 fully saturated rings. The van der Waals surface area contributed by atoms with Gasteiger partial charge in [-0.25, -0.2) is 0 Å². The quantitative estimate of drug-likeness (QED) is 0.765. The Bertz CT molecular complexity index is 646. The van der Waals surface area contributed by atoms with Crippen LogP contribution < -0.4 is 16.4 Å². The van der Waals surface area contributed by atoms with E-state index in [9.17, 15) is 9.59 Å². The largest absolute Gasteiger partial charge is 0.358 e. The van der Waals surface area contributed by atoms with Crippen LogP contribution in [0.15, 0.2) is 30.5 Å². The van der Waals surface area contributed by atoms with Crippen LogP contribution in [0, 0.1) is 0 Å². The SMILES string of the molecule is CNC(=O)Cn1ccc2ccc(NC(=O)[C@H](C)N)cc21. The van der Waals surface area contributed by atoms with E-state index in [0.717, 1.165) is 10.9 Å². The summed E-state index contributed by atoms with van der Waals surface area (Å²) < 4.78 is 1.83. The Morgan fingerprint density at radius 3 is 2.75 bits per heavy atom. The zero-order chi connectivity index (χ0) is 14.7. The molecular weight excluding hydrogens is 256 g/mol. The van der Waals surface area contributed by atoms with Gasteiger partial charge in [0, 0.05) is 18.9 Å². The lowest BCUT2D eigenvalue weighted by molar-refractivity contribution is -0.121. The van der Waals surface area contributed by atoms with Crippen LogP contribution in [0.4, 0.5) is 5.69 Å². The maximum atomic E-state index is 11.6. The lowest BCUT2D eigenvalue weighted by atomic mass is 10.2. The molecule has 2 rings (SSSR count). The molecule has 2 aromatic rings. The molecule has 106 valence electrons. The van der Waals surface area contributed by atoms with E-state index in [-0.39, 0.29) is 18.4 Å². The first-order chi connectivity index (χ1) is 9.51. The topological polar surface area (TPSA) is 89.2 Å². The zero-order valence-corrected chi connectivity index (χ0v) is 11.5. The number of carbonyl (C=O) groups is 2. The first-order valence-electron chi connectivity index (χ1n) is 6.37. The van der Waals surface area contributed by atoms with Gasteiger partial charge in [-0.05, 0) is 30.5 Å².